The van der Waals surface area contributed by atoms with Crippen LogP contribution in [0.1, 0.15) is 207 Å². The first kappa shape index (κ1) is 53.3. The first-order valence-corrected chi connectivity index (χ1v) is 23.9. The van der Waals surface area contributed by atoms with Crippen LogP contribution in [0.5, 0.6) is 0 Å². The van der Waals surface area contributed by atoms with Gasteiger partial charge < -0.3 is 25.8 Å². The topological polar surface area (TPSA) is 126 Å². The maximum atomic E-state index is 8.12. The Balaban J connectivity index is -0.000000723. The highest BCUT2D eigenvalue weighted by atomic mass is 32.2. The number of nitrogens with zero attached hydrogens (tertiary/aromatic N) is 2. The molecule has 0 bridgehead atoms. The molecular weight excluding hydrogens is 668 g/mol. The smallest absolute Gasteiger partial charge is 0.327 e. The second-order valence-corrected chi connectivity index (χ2v) is 15.8. The van der Waals surface area contributed by atoms with Crippen LogP contribution in [0, 0.1) is 0 Å². The molecule has 296 valence electrons. The molecule has 0 saturated heterocycles. The monoisotopic (exact) mass is 753 g/mol. The summed E-state index contributed by atoms with van der Waals surface area (Å²) < 4.78 is 4.43. The quantitative estimate of drug-likeness (QED) is 0.0233. The third-order valence-electron chi connectivity index (χ3n) is 8.28. The van der Waals surface area contributed by atoms with Crippen LogP contribution < -0.4 is 11.5 Å². The molecule has 0 aromatic rings. The van der Waals surface area contributed by atoms with Gasteiger partial charge in [0.05, 0.1) is 6.10 Å². The van der Waals surface area contributed by atoms with E-state index in [1.165, 1.54) is 203 Å². The Hall–Kier alpha value is -0.0500. The highest BCUT2D eigenvalue weighted by molar-refractivity contribution is 8.13. The summed E-state index contributed by atoms with van der Waals surface area (Å²) in [4.78, 5) is 24.8. The van der Waals surface area contributed by atoms with Gasteiger partial charge in [-0.3, -0.25) is 9.98 Å². The third-order valence-corrected chi connectivity index (χ3v) is 9.99. The average Bonchev–Trinajstić information content (AvgIpc) is 3.07. The minimum atomic E-state index is -2.14. The maximum Gasteiger partial charge on any atom is 0.327 e. The summed E-state index contributed by atoms with van der Waals surface area (Å²) in [5.74, 6) is 0. The average molecular weight is 753 g/mol. The Morgan fingerprint density at radius 2 is 0.714 bits per heavy atom. The van der Waals surface area contributed by atoms with Crippen LogP contribution in [-0.4, -0.2) is 51.8 Å². The standard InChI is InChI=1S/2C18H38N2S.C3H9O3P/c2*1-3-4-5-6-7-8-9-10-11-12-13-14-15-16-17-20-18(19)21-2;1-3(2)6-7(4)5/h2*3-17H2,1-2H3,(H2,19,20);3-5H,1-2H3. The van der Waals surface area contributed by atoms with E-state index in [1.54, 1.807) is 13.8 Å². The number of hydrogen-bond acceptors (Lipinski definition) is 7. The molecule has 0 spiro atoms. The summed E-state index contributed by atoms with van der Waals surface area (Å²) in [6, 6.07) is 0. The van der Waals surface area contributed by atoms with E-state index in [2.05, 4.69) is 28.4 Å². The predicted octanol–water partition coefficient (Wildman–Crippen LogP) is 12.9. The zero-order valence-electron chi connectivity index (χ0n) is 33.4. The Labute approximate surface area is 316 Å². The lowest BCUT2D eigenvalue weighted by Gasteiger charge is -2.04. The Bertz CT molecular complexity index is 620. The lowest BCUT2D eigenvalue weighted by molar-refractivity contribution is 0.201. The number of rotatable bonds is 32. The molecule has 0 atom stereocenters. The molecule has 0 rings (SSSR count). The van der Waals surface area contributed by atoms with E-state index in [4.69, 9.17) is 21.3 Å². The first-order chi connectivity index (χ1) is 23.7. The largest absolute Gasteiger partial charge is 0.379 e. The fourth-order valence-electron chi connectivity index (χ4n) is 5.31. The van der Waals surface area contributed by atoms with Crippen LogP contribution in [0.4, 0.5) is 0 Å². The molecule has 10 heteroatoms. The summed E-state index contributed by atoms with van der Waals surface area (Å²) >= 11 is 3.08. The molecule has 6 N–H and O–H groups in total. The second kappa shape index (κ2) is 48.0. The van der Waals surface area contributed by atoms with Gasteiger partial charge in [-0.25, -0.2) is 0 Å². The number of hydrogen-bond donors (Lipinski definition) is 4. The lowest BCUT2D eigenvalue weighted by Crippen LogP contribution is -2.06. The van der Waals surface area contributed by atoms with Crippen molar-refractivity contribution in [1.82, 2.24) is 0 Å². The minimum absolute atomic E-state index is 0.0962. The Morgan fingerprint density at radius 1 is 0.490 bits per heavy atom. The molecule has 0 amide bonds. The van der Waals surface area contributed by atoms with Gasteiger partial charge in [-0.05, 0) is 39.2 Å². The van der Waals surface area contributed by atoms with E-state index < -0.39 is 8.60 Å². The van der Waals surface area contributed by atoms with Crippen molar-refractivity contribution in [3.8, 4) is 0 Å². The van der Waals surface area contributed by atoms with E-state index >= 15 is 0 Å². The van der Waals surface area contributed by atoms with Gasteiger partial charge in [0.2, 0.25) is 0 Å². The van der Waals surface area contributed by atoms with E-state index in [1.807, 2.05) is 12.5 Å². The summed E-state index contributed by atoms with van der Waals surface area (Å²) in [6.45, 7) is 9.86. The summed E-state index contributed by atoms with van der Waals surface area (Å²) in [7, 11) is -2.14. The molecule has 0 aliphatic rings. The Morgan fingerprint density at radius 3 is 0.878 bits per heavy atom. The van der Waals surface area contributed by atoms with Gasteiger partial charge in [0.15, 0.2) is 10.3 Å². The molecule has 7 nitrogen and oxygen atoms in total. The van der Waals surface area contributed by atoms with Gasteiger partial charge in [-0.15, -0.1) is 0 Å². The molecular formula is C39H85N4O3PS2. The van der Waals surface area contributed by atoms with Crippen molar-refractivity contribution in [1.29, 1.82) is 0 Å². The van der Waals surface area contributed by atoms with E-state index in [-0.39, 0.29) is 6.10 Å². The molecule has 0 unspecified atom stereocenters. The van der Waals surface area contributed by atoms with Gasteiger partial charge >= 0.3 is 8.60 Å². The van der Waals surface area contributed by atoms with Crippen molar-refractivity contribution in [2.75, 3.05) is 25.6 Å². The lowest BCUT2D eigenvalue weighted by atomic mass is 10.0. The number of nitrogens with two attached hydrogens (primary N) is 2. The van der Waals surface area contributed by atoms with Crippen molar-refractivity contribution in [2.24, 2.45) is 21.5 Å². The van der Waals surface area contributed by atoms with Gasteiger partial charge in [-0.1, -0.05) is 204 Å². The summed E-state index contributed by atoms with van der Waals surface area (Å²) in [5, 5.41) is 1.45. The normalized spacial score (nSPS) is 11.9. The van der Waals surface area contributed by atoms with Crippen molar-refractivity contribution < 1.29 is 14.3 Å². The van der Waals surface area contributed by atoms with E-state index in [9.17, 15) is 0 Å². The molecule has 0 radical (unpaired) electrons. The van der Waals surface area contributed by atoms with Gasteiger partial charge in [-0.2, -0.15) is 0 Å². The molecule has 0 saturated carbocycles. The Kier molecular flexibility index (Phi) is 52.2. The number of thioether (sulfide) groups is 2. The molecule has 0 aliphatic carbocycles. The van der Waals surface area contributed by atoms with Crippen LogP contribution in [0.2, 0.25) is 0 Å². The zero-order chi connectivity index (χ0) is 37.1. The van der Waals surface area contributed by atoms with Crippen molar-refractivity contribution >= 4 is 42.5 Å². The van der Waals surface area contributed by atoms with Crippen LogP contribution in [-0.2, 0) is 4.52 Å². The second-order valence-electron chi connectivity index (χ2n) is 13.4. The van der Waals surface area contributed by atoms with Crippen LogP contribution in [0.25, 0.3) is 0 Å². The highest BCUT2D eigenvalue weighted by Crippen LogP contribution is 2.26. The molecule has 0 heterocycles. The van der Waals surface area contributed by atoms with E-state index in [0.717, 1.165) is 23.4 Å². The van der Waals surface area contributed by atoms with Crippen LogP contribution >= 0.6 is 32.1 Å². The fraction of sp³-hybridized carbons (Fsp3) is 0.949. The molecule has 0 aromatic heterocycles. The number of amidine groups is 2. The maximum absolute atomic E-state index is 8.12. The molecule has 0 aliphatic heterocycles. The summed E-state index contributed by atoms with van der Waals surface area (Å²) in [5.41, 5.74) is 11.3. The van der Waals surface area contributed by atoms with E-state index in [0.29, 0.717) is 0 Å². The van der Waals surface area contributed by atoms with Crippen LogP contribution in [0.15, 0.2) is 9.98 Å². The highest BCUT2D eigenvalue weighted by Gasteiger charge is 2.00. The molecule has 0 fully saturated rings. The zero-order valence-corrected chi connectivity index (χ0v) is 35.9. The van der Waals surface area contributed by atoms with Crippen molar-refractivity contribution in [3.63, 3.8) is 0 Å². The molecule has 0 aromatic carbocycles. The number of aliphatic imine (C=N–C) groups is 2. The number of unbranched alkanes of at least 4 members (excludes halogenated alkanes) is 26. The van der Waals surface area contributed by atoms with Gasteiger partial charge in [0.25, 0.3) is 0 Å². The minimum Gasteiger partial charge on any atom is -0.379 e. The van der Waals surface area contributed by atoms with Gasteiger partial charge in [0.1, 0.15) is 0 Å². The predicted molar refractivity (Wildman–Crippen MR) is 228 cm³/mol. The first-order valence-electron chi connectivity index (χ1n) is 20.3. The SMILES string of the molecule is CC(C)OP(O)O.CCCCCCCCCCCCCCCCN=C(N)SC.CCCCCCCCCCCCCCCCN=C(N)SC. The van der Waals surface area contributed by atoms with Crippen LogP contribution in [0.3, 0.4) is 0 Å². The summed E-state index contributed by atoms with van der Waals surface area (Å²) in [6.07, 6.45) is 43.1. The molecule has 49 heavy (non-hydrogen) atoms. The van der Waals surface area contributed by atoms with Crippen molar-refractivity contribution in [3.05, 3.63) is 0 Å². The fourth-order valence-corrected chi connectivity index (χ4v) is 6.13. The van der Waals surface area contributed by atoms with Crippen molar-refractivity contribution in [2.45, 2.75) is 214 Å². The third kappa shape index (κ3) is 57.5. The van der Waals surface area contributed by atoms with Gasteiger partial charge in [0, 0.05) is 13.1 Å².